The number of anilines is 2. The molecule has 0 spiro atoms. The Hall–Kier alpha value is -1.23. The predicted octanol–water partition coefficient (Wildman–Crippen LogP) is 2.72. The monoisotopic (exact) mass is 266 g/mol. The lowest BCUT2D eigenvalue weighted by molar-refractivity contribution is 0.0607. The molecule has 0 radical (unpaired) electrons. The van der Waals surface area contributed by atoms with Crippen molar-refractivity contribution >= 4 is 28.0 Å². The van der Waals surface area contributed by atoms with Gasteiger partial charge in [0.15, 0.2) is 0 Å². The molecule has 2 aliphatic carbocycles. The second-order valence-corrected chi connectivity index (χ2v) is 6.28. The van der Waals surface area contributed by atoms with Gasteiger partial charge in [-0.3, -0.25) is 0 Å². The highest BCUT2D eigenvalue weighted by Crippen LogP contribution is 2.46. The Morgan fingerprint density at radius 3 is 2.56 bits per heavy atom. The summed E-state index contributed by atoms with van der Waals surface area (Å²) in [4.78, 5) is 12.0. The SMILES string of the molecule is COC(=O)c1sc(NC(C2CC2)C2CC2)cc1N. The number of hydrogen-bond donors (Lipinski definition) is 2. The van der Waals surface area contributed by atoms with Crippen LogP contribution < -0.4 is 11.1 Å². The second kappa shape index (κ2) is 4.46. The van der Waals surface area contributed by atoms with Crippen LogP contribution in [0.4, 0.5) is 10.7 Å². The number of nitrogens with two attached hydrogens (primary N) is 1. The van der Waals surface area contributed by atoms with Crippen LogP contribution in [0.15, 0.2) is 6.07 Å². The van der Waals surface area contributed by atoms with Gasteiger partial charge in [-0.15, -0.1) is 11.3 Å². The first kappa shape index (κ1) is 11.8. The molecule has 1 heterocycles. The Labute approximate surface area is 111 Å². The maximum atomic E-state index is 11.5. The van der Waals surface area contributed by atoms with E-state index in [1.807, 2.05) is 6.07 Å². The fourth-order valence-electron chi connectivity index (χ4n) is 2.42. The summed E-state index contributed by atoms with van der Waals surface area (Å²) >= 11 is 1.40. The third-order valence-electron chi connectivity index (χ3n) is 3.70. The van der Waals surface area contributed by atoms with Crippen LogP contribution in [0.25, 0.3) is 0 Å². The molecule has 5 heteroatoms. The predicted molar refractivity (Wildman–Crippen MR) is 72.9 cm³/mol. The normalized spacial score (nSPS) is 19.0. The number of rotatable bonds is 5. The molecule has 98 valence electrons. The average Bonchev–Trinajstić information content (AvgIpc) is 3.24. The molecule has 4 nitrogen and oxygen atoms in total. The van der Waals surface area contributed by atoms with E-state index in [0.717, 1.165) is 16.8 Å². The highest BCUT2D eigenvalue weighted by Gasteiger charge is 2.41. The fourth-order valence-corrected chi connectivity index (χ4v) is 3.37. The van der Waals surface area contributed by atoms with E-state index in [9.17, 15) is 4.79 Å². The number of hydrogen-bond acceptors (Lipinski definition) is 5. The van der Waals surface area contributed by atoms with Crippen molar-refractivity contribution in [2.24, 2.45) is 11.8 Å². The van der Waals surface area contributed by atoms with E-state index < -0.39 is 0 Å². The summed E-state index contributed by atoms with van der Waals surface area (Å²) in [5, 5.41) is 4.57. The zero-order chi connectivity index (χ0) is 12.7. The van der Waals surface area contributed by atoms with Crippen molar-refractivity contribution in [2.45, 2.75) is 31.7 Å². The molecule has 2 saturated carbocycles. The van der Waals surface area contributed by atoms with Gasteiger partial charge in [-0.05, 0) is 43.6 Å². The van der Waals surface area contributed by atoms with E-state index in [-0.39, 0.29) is 5.97 Å². The standard InChI is InChI=1S/C13H18N2O2S/c1-17-13(16)12-9(14)6-10(18-12)15-11(7-2-3-7)8-4-5-8/h6-8,11,15H,2-5,14H2,1H3. The molecule has 2 aliphatic rings. The molecule has 0 aliphatic heterocycles. The summed E-state index contributed by atoms with van der Waals surface area (Å²) in [6, 6.07) is 2.43. The molecule has 1 aromatic rings. The van der Waals surface area contributed by atoms with Gasteiger partial charge in [0, 0.05) is 6.04 Å². The molecule has 3 rings (SSSR count). The van der Waals surface area contributed by atoms with E-state index in [1.54, 1.807) is 0 Å². The molecule has 0 bridgehead atoms. The van der Waals surface area contributed by atoms with Gasteiger partial charge < -0.3 is 15.8 Å². The minimum absolute atomic E-state index is 0.347. The zero-order valence-electron chi connectivity index (χ0n) is 10.4. The lowest BCUT2D eigenvalue weighted by Crippen LogP contribution is -2.23. The summed E-state index contributed by atoms with van der Waals surface area (Å²) in [5.41, 5.74) is 6.36. The van der Waals surface area contributed by atoms with Gasteiger partial charge in [0.1, 0.15) is 4.88 Å². The minimum atomic E-state index is -0.347. The molecule has 1 aromatic heterocycles. The summed E-state index contributed by atoms with van der Waals surface area (Å²) in [6.07, 6.45) is 5.33. The van der Waals surface area contributed by atoms with Gasteiger partial charge in [-0.2, -0.15) is 0 Å². The average molecular weight is 266 g/mol. The summed E-state index contributed by atoms with van der Waals surface area (Å²) in [7, 11) is 1.38. The van der Waals surface area contributed by atoms with Crippen LogP contribution in [-0.2, 0) is 4.74 Å². The van der Waals surface area contributed by atoms with Crippen molar-refractivity contribution < 1.29 is 9.53 Å². The largest absolute Gasteiger partial charge is 0.465 e. The van der Waals surface area contributed by atoms with Gasteiger partial charge in [-0.1, -0.05) is 0 Å². The van der Waals surface area contributed by atoms with Crippen molar-refractivity contribution in [3.05, 3.63) is 10.9 Å². The van der Waals surface area contributed by atoms with Crippen LogP contribution in [-0.4, -0.2) is 19.1 Å². The quantitative estimate of drug-likeness (QED) is 0.804. The first-order chi connectivity index (χ1) is 8.69. The Morgan fingerprint density at radius 2 is 2.06 bits per heavy atom. The second-order valence-electron chi connectivity index (χ2n) is 5.23. The molecule has 3 N–H and O–H groups in total. The first-order valence-electron chi connectivity index (χ1n) is 6.43. The Balaban J connectivity index is 1.73. The van der Waals surface area contributed by atoms with Gasteiger partial charge >= 0.3 is 5.97 Å². The molecule has 0 amide bonds. The number of methoxy groups -OCH3 is 1. The number of esters is 1. The van der Waals surface area contributed by atoms with Crippen LogP contribution in [0.5, 0.6) is 0 Å². The number of ether oxygens (including phenoxy) is 1. The Kier molecular flexibility index (Phi) is 2.93. The number of carbonyl (C=O) groups excluding carboxylic acids is 1. The van der Waals surface area contributed by atoms with E-state index in [2.05, 4.69) is 5.32 Å². The van der Waals surface area contributed by atoms with Crippen molar-refractivity contribution in [3.8, 4) is 0 Å². The van der Waals surface area contributed by atoms with Crippen molar-refractivity contribution in [2.75, 3.05) is 18.2 Å². The molecule has 0 unspecified atom stereocenters. The third-order valence-corrected chi connectivity index (χ3v) is 4.76. The maximum Gasteiger partial charge on any atom is 0.350 e. The van der Waals surface area contributed by atoms with E-state index in [4.69, 9.17) is 10.5 Å². The number of nitrogen functional groups attached to an aromatic ring is 1. The Morgan fingerprint density at radius 1 is 1.44 bits per heavy atom. The number of thiophene rings is 1. The molecule has 18 heavy (non-hydrogen) atoms. The minimum Gasteiger partial charge on any atom is -0.465 e. The van der Waals surface area contributed by atoms with Crippen LogP contribution in [0.3, 0.4) is 0 Å². The highest BCUT2D eigenvalue weighted by atomic mass is 32.1. The number of nitrogens with one attached hydrogen (secondary N) is 1. The fraction of sp³-hybridized carbons (Fsp3) is 0.615. The molecule has 0 aromatic carbocycles. The zero-order valence-corrected chi connectivity index (χ0v) is 11.3. The van der Waals surface area contributed by atoms with Crippen LogP contribution in [0.1, 0.15) is 35.4 Å². The number of carbonyl (C=O) groups is 1. The molecule has 0 saturated heterocycles. The van der Waals surface area contributed by atoms with E-state index >= 15 is 0 Å². The smallest absolute Gasteiger partial charge is 0.350 e. The van der Waals surface area contributed by atoms with Gasteiger partial charge in [-0.25, -0.2) is 4.79 Å². The molecule has 2 fully saturated rings. The van der Waals surface area contributed by atoms with E-state index in [1.165, 1.54) is 44.1 Å². The summed E-state index contributed by atoms with van der Waals surface area (Å²) < 4.78 is 4.72. The van der Waals surface area contributed by atoms with Crippen LogP contribution in [0, 0.1) is 11.8 Å². The topological polar surface area (TPSA) is 64.3 Å². The van der Waals surface area contributed by atoms with Gasteiger partial charge in [0.2, 0.25) is 0 Å². The van der Waals surface area contributed by atoms with Gasteiger partial charge in [0.25, 0.3) is 0 Å². The van der Waals surface area contributed by atoms with Crippen molar-refractivity contribution in [1.82, 2.24) is 0 Å². The first-order valence-corrected chi connectivity index (χ1v) is 7.25. The summed E-state index contributed by atoms with van der Waals surface area (Å²) in [6.45, 7) is 0. The summed E-state index contributed by atoms with van der Waals surface area (Å²) in [5.74, 6) is 1.30. The molecular formula is C13H18N2O2S. The van der Waals surface area contributed by atoms with Gasteiger partial charge in [0.05, 0.1) is 17.8 Å². The van der Waals surface area contributed by atoms with Crippen LogP contribution >= 0.6 is 11.3 Å². The van der Waals surface area contributed by atoms with Crippen molar-refractivity contribution in [3.63, 3.8) is 0 Å². The van der Waals surface area contributed by atoms with E-state index in [0.29, 0.717) is 16.6 Å². The van der Waals surface area contributed by atoms with Crippen LogP contribution in [0.2, 0.25) is 0 Å². The van der Waals surface area contributed by atoms with Crippen molar-refractivity contribution in [1.29, 1.82) is 0 Å². The highest BCUT2D eigenvalue weighted by molar-refractivity contribution is 7.18. The third kappa shape index (κ3) is 2.32. The molecular weight excluding hydrogens is 248 g/mol. The Bertz CT molecular complexity index is 452. The lowest BCUT2D eigenvalue weighted by atomic mass is 10.1. The molecule has 0 atom stereocenters. The maximum absolute atomic E-state index is 11.5. The lowest BCUT2D eigenvalue weighted by Gasteiger charge is -2.17.